The zero-order chi connectivity index (χ0) is 20.3. The van der Waals surface area contributed by atoms with Crippen molar-refractivity contribution in [2.24, 2.45) is 0 Å². The molecule has 146 valence electrons. The molecule has 12 heteroatoms. The molecule has 2 aromatic rings. The zero-order valence-corrected chi connectivity index (χ0v) is 14.5. The molecule has 2 heterocycles. The first-order valence-corrected chi connectivity index (χ1v) is 7.87. The monoisotopic (exact) mass is 390 g/mol. The van der Waals surface area contributed by atoms with Crippen LogP contribution >= 0.6 is 0 Å². The Kier molecular flexibility index (Phi) is 5.11. The molecule has 1 aromatic heterocycles. The molecule has 1 amide bonds. The number of carbonyl (C=O) groups excluding carboxylic acids is 2. The van der Waals surface area contributed by atoms with Gasteiger partial charge < -0.3 is 25.0 Å². The number of benzene rings is 1. The lowest BCUT2D eigenvalue weighted by Gasteiger charge is -2.22. The smallest absolute Gasteiger partial charge is 0.451 e. The van der Waals surface area contributed by atoms with Crippen LogP contribution < -0.4 is 25.6 Å². The second-order valence-electron chi connectivity index (χ2n) is 5.53. The highest BCUT2D eigenvalue weighted by molar-refractivity contribution is 5.96. The van der Waals surface area contributed by atoms with Crippen LogP contribution in [0.3, 0.4) is 0 Å². The van der Waals surface area contributed by atoms with Crippen molar-refractivity contribution in [1.29, 1.82) is 0 Å². The third-order valence-electron chi connectivity index (χ3n) is 3.71. The minimum Gasteiger partial charge on any atom is -0.451 e. The molecule has 0 radical (unpaired) electrons. The van der Waals surface area contributed by atoms with Crippen LogP contribution in [0.1, 0.15) is 16.1 Å². The van der Waals surface area contributed by atoms with Crippen molar-refractivity contribution in [3.63, 3.8) is 0 Å². The van der Waals surface area contributed by atoms with E-state index in [4.69, 9.17) is 14.2 Å². The van der Waals surface area contributed by atoms with Crippen molar-refractivity contribution in [1.82, 2.24) is 9.99 Å². The molecule has 3 rings (SSSR count). The Labute approximate surface area is 156 Å². The van der Waals surface area contributed by atoms with Crippen molar-refractivity contribution < 1.29 is 28.7 Å². The lowest BCUT2D eigenvalue weighted by Crippen LogP contribution is -2.43. The fourth-order valence-electron chi connectivity index (χ4n) is 2.41. The molecule has 0 aliphatic carbocycles. The molecule has 1 aliphatic heterocycles. The Morgan fingerprint density at radius 2 is 2.11 bits per heavy atom. The highest BCUT2D eigenvalue weighted by Gasteiger charge is 2.23. The number of pyridine rings is 1. The second kappa shape index (κ2) is 7.65. The first-order chi connectivity index (χ1) is 13.4. The number of hydrogen-bond donors (Lipinski definition) is 2. The van der Waals surface area contributed by atoms with Gasteiger partial charge in [-0.15, -0.1) is 0 Å². The van der Waals surface area contributed by atoms with Gasteiger partial charge in [-0.1, -0.05) is 0 Å². The number of hydrogen-bond acceptors (Lipinski definition) is 9. The third-order valence-corrected chi connectivity index (χ3v) is 3.71. The van der Waals surface area contributed by atoms with Gasteiger partial charge in [-0.3, -0.25) is 24.4 Å². The lowest BCUT2D eigenvalue weighted by atomic mass is 10.2. The van der Waals surface area contributed by atoms with Gasteiger partial charge in [0.25, 0.3) is 11.6 Å². The molecule has 0 atom stereocenters. The van der Waals surface area contributed by atoms with Crippen LogP contribution in [0.25, 0.3) is 0 Å². The van der Waals surface area contributed by atoms with E-state index in [1.165, 1.54) is 42.1 Å². The second-order valence-corrected chi connectivity index (χ2v) is 5.53. The summed E-state index contributed by atoms with van der Waals surface area (Å²) >= 11 is 0. The van der Waals surface area contributed by atoms with Crippen LogP contribution in [0.5, 0.6) is 11.5 Å². The number of rotatable bonds is 5. The van der Waals surface area contributed by atoms with E-state index in [9.17, 15) is 24.5 Å². The molecule has 0 bridgehead atoms. The number of amides is 1. The number of aromatic nitrogens is 1. The highest BCUT2D eigenvalue weighted by Crippen LogP contribution is 2.23. The van der Waals surface area contributed by atoms with Crippen LogP contribution in [-0.4, -0.2) is 35.1 Å². The number of ether oxygens (including phenoxy) is 3. The molecule has 12 nitrogen and oxygen atoms in total. The Morgan fingerprint density at radius 1 is 1.32 bits per heavy atom. The number of nitro benzene ring substituents is 1. The maximum absolute atomic E-state index is 12.0. The van der Waals surface area contributed by atoms with Gasteiger partial charge in [0.1, 0.15) is 12.4 Å². The topological polar surface area (TPSA) is 151 Å². The summed E-state index contributed by atoms with van der Waals surface area (Å²) in [6.45, 7) is 1.00. The summed E-state index contributed by atoms with van der Waals surface area (Å²) in [6, 6.07) is 4.85. The van der Waals surface area contributed by atoms with Crippen molar-refractivity contribution in [3.8, 4) is 11.5 Å². The number of nitrogens with one attached hydrogen (secondary N) is 2. The van der Waals surface area contributed by atoms with Crippen LogP contribution in [0.4, 0.5) is 10.5 Å². The van der Waals surface area contributed by atoms with Gasteiger partial charge in [-0.2, -0.15) is 0 Å². The Morgan fingerprint density at radius 3 is 2.82 bits per heavy atom. The van der Waals surface area contributed by atoms with Crippen LogP contribution in [-0.2, 0) is 4.74 Å². The summed E-state index contributed by atoms with van der Waals surface area (Å²) in [7, 11) is 0. The van der Waals surface area contributed by atoms with Gasteiger partial charge in [0.2, 0.25) is 18.0 Å². The Bertz CT molecular complexity index is 1020. The number of nitrogens with zero attached hydrogens (tertiary/aromatic N) is 2. The maximum Gasteiger partial charge on any atom is 0.516 e. The minimum atomic E-state index is -1.15. The van der Waals surface area contributed by atoms with Gasteiger partial charge in [0.05, 0.1) is 4.92 Å². The predicted molar refractivity (Wildman–Crippen MR) is 92.8 cm³/mol. The van der Waals surface area contributed by atoms with Crippen LogP contribution in [0.2, 0.25) is 0 Å². The van der Waals surface area contributed by atoms with Gasteiger partial charge in [-0.25, -0.2) is 4.79 Å². The van der Waals surface area contributed by atoms with Crippen molar-refractivity contribution in [2.75, 3.05) is 18.9 Å². The Balaban J connectivity index is 1.63. The van der Waals surface area contributed by atoms with Gasteiger partial charge in [0.15, 0.2) is 5.69 Å². The van der Waals surface area contributed by atoms with Gasteiger partial charge in [0, 0.05) is 24.4 Å². The molecule has 2 N–H and O–H groups in total. The van der Waals surface area contributed by atoms with E-state index in [0.717, 1.165) is 0 Å². The first-order valence-electron chi connectivity index (χ1n) is 7.87. The number of nitro groups is 1. The standard InChI is InChI=1S/C16H14N4O8/c1-9-6-10(20(24)25)2-3-12(9)28-16(23)27-8-26-14-11(21)4-5-19-13(14)15(22)17-7-18-19/h2-6,18H,7-8H2,1H3,(H,17,22). The number of aryl methyl sites for hydroxylation is 1. The number of fused-ring (bicyclic) bond motifs is 1. The van der Waals surface area contributed by atoms with E-state index in [-0.39, 0.29) is 29.5 Å². The predicted octanol–water partition coefficient (Wildman–Crippen LogP) is 0.861. The van der Waals surface area contributed by atoms with Crippen molar-refractivity contribution in [2.45, 2.75) is 6.92 Å². The van der Waals surface area contributed by atoms with Gasteiger partial charge >= 0.3 is 6.16 Å². The fourth-order valence-corrected chi connectivity index (χ4v) is 2.41. The summed E-state index contributed by atoms with van der Waals surface area (Å²) < 4.78 is 16.2. The molecular weight excluding hydrogens is 376 g/mol. The molecular formula is C16H14N4O8. The van der Waals surface area contributed by atoms with E-state index < -0.39 is 29.2 Å². The highest BCUT2D eigenvalue weighted by atomic mass is 16.8. The van der Waals surface area contributed by atoms with Crippen LogP contribution in [0, 0.1) is 17.0 Å². The molecule has 1 aliphatic rings. The van der Waals surface area contributed by atoms with Crippen molar-refractivity contribution in [3.05, 3.63) is 62.1 Å². The van der Waals surface area contributed by atoms with E-state index in [1.54, 1.807) is 0 Å². The lowest BCUT2D eigenvalue weighted by molar-refractivity contribution is -0.384. The average Bonchev–Trinajstić information content (AvgIpc) is 2.65. The molecule has 0 unspecified atom stereocenters. The largest absolute Gasteiger partial charge is 0.516 e. The van der Waals surface area contributed by atoms with E-state index >= 15 is 0 Å². The fraction of sp³-hybridized carbons (Fsp3) is 0.188. The van der Waals surface area contributed by atoms with Crippen LogP contribution in [0.15, 0.2) is 35.3 Å². The molecule has 1 aromatic carbocycles. The van der Waals surface area contributed by atoms with Crippen molar-refractivity contribution >= 4 is 17.7 Å². The SMILES string of the molecule is Cc1cc([N+](=O)[O-])ccc1OC(=O)OCOc1c2n(ccc1=O)NCNC2=O. The summed E-state index contributed by atoms with van der Waals surface area (Å²) in [5.41, 5.74) is 2.36. The Hall–Kier alpha value is -4.09. The number of carbonyl (C=O) groups is 2. The molecule has 28 heavy (non-hydrogen) atoms. The maximum atomic E-state index is 12.0. The summed E-state index contributed by atoms with van der Waals surface area (Å²) in [5, 5.41) is 13.2. The average molecular weight is 390 g/mol. The molecule has 0 saturated heterocycles. The summed E-state index contributed by atoms with van der Waals surface area (Å²) in [6.07, 6.45) is 0.222. The zero-order valence-electron chi connectivity index (χ0n) is 14.5. The quantitative estimate of drug-likeness (QED) is 0.249. The van der Waals surface area contributed by atoms with E-state index in [1.807, 2.05) is 0 Å². The normalized spacial score (nSPS) is 12.2. The molecule has 0 spiro atoms. The van der Waals surface area contributed by atoms with E-state index in [0.29, 0.717) is 5.56 Å². The summed E-state index contributed by atoms with van der Waals surface area (Å²) in [4.78, 5) is 45.8. The van der Waals surface area contributed by atoms with Gasteiger partial charge in [-0.05, 0) is 18.6 Å². The molecule has 0 fully saturated rings. The molecule has 0 saturated carbocycles. The van der Waals surface area contributed by atoms with E-state index in [2.05, 4.69) is 10.7 Å². The number of non-ortho nitro benzene ring substituents is 1. The summed E-state index contributed by atoms with van der Waals surface area (Å²) in [5.74, 6) is -0.765. The first kappa shape index (κ1) is 18.7. The third kappa shape index (κ3) is 3.85. The minimum absolute atomic E-state index is 0.0661.